The van der Waals surface area contributed by atoms with Crippen molar-refractivity contribution in [2.24, 2.45) is 5.92 Å². The van der Waals surface area contributed by atoms with E-state index in [0.29, 0.717) is 0 Å². The predicted molar refractivity (Wildman–Crippen MR) is 47.1 cm³/mol. The summed E-state index contributed by atoms with van der Waals surface area (Å²) in [7, 11) is 0. The molecule has 0 heterocycles. The number of hydrogen-bond donors (Lipinski definition) is 0. The van der Waals surface area contributed by atoms with E-state index in [1.54, 1.807) is 0 Å². The third-order valence-corrected chi connectivity index (χ3v) is 3.07. The van der Waals surface area contributed by atoms with Crippen molar-refractivity contribution in [1.82, 2.24) is 0 Å². The fourth-order valence-corrected chi connectivity index (χ4v) is 1.06. The van der Waals surface area contributed by atoms with Crippen LogP contribution >= 0.6 is 15.9 Å². The summed E-state index contributed by atoms with van der Waals surface area (Å²) in [5, 5.41) is 0. The molecule has 1 atom stereocenters. The third kappa shape index (κ3) is 4.95. The van der Waals surface area contributed by atoms with Crippen LogP contribution in [-0.4, -0.2) is 4.83 Å². The fraction of sp³-hybridized carbons (Fsp3) is 1.00. The largest absolute Gasteiger partial charge is 0.0888 e. The maximum Gasteiger partial charge on any atom is 0.0168 e. The average Bonchev–Trinajstić information content (AvgIpc) is 1.82. The van der Waals surface area contributed by atoms with Gasteiger partial charge in [-0.15, -0.1) is 0 Å². The zero-order valence-electron chi connectivity index (χ0n) is 6.65. The molecule has 1 heteroatoms. The van der Waals surface area contributed by atoms with Crippen molar-refractivity contribution in [2.75, 3.05) is 0 Å². The monoisotopic (exact) mass is 192 g/mol. The first-order valence-corrected chi connectivity index (χ1v) is 4.74. The van der Waals surface area contributed by atoms with Crippen LogP contribution in [0.5, 0.6) is 0 Å². The molecule has 0 bridgehead atoms. The topological polar surface area (TPSA) is 0 Å². The van der Waals surface area contributed by atoms with Crippen molar-refractivity contribution in [1.29, 1.82) is 0 Å². The molecule has 0 aromatic rings. The zero-order chi connectivity index (χ0) is 7.28. The molecule has 0 spiro atoms. The first-order chi connectivity index (χ1) is 4.18. The van der Waals surface area contributed by atoms with E-state index < -0.39 is 0 Å². The summed E-state index contributed by atoms with van der Waals surface area (Å²) in [6.07, 6.45) is 4.00. The van der Waals surface area contributed by atoms with Gasteiger partial charge in [-0.2, -0.15) is 0 Å². The van der Waals surface area contributed by atoms with Crippen LogP contribution in [-0.2, 0) is 0 Å². The summed E-state index contributed by atoms with van der Waals surface area (Å²) in [5.41, 5.74) is 0. The fourth-order valence-electron chi connectivity index (χ4n) is 0.732. The lowest BCUT2D eigenvalue weighted by molar-refractivity contribution is 0.558. The highest BCUT2D eigenvalue weighted by Gasteiger charge is 2.06. The lowest BCUT2D eigenvalue weighted by Gasteiger charge is -2.11. The van der Waals surface area contributed by atoms with Crippen molar-refractivity contribution >= 4 is 15.9 Å². The summed E-state index contributed by atoms with van der Waals surface area (Å²) in [5.74, 6) is 0.788. The predicted octanol–water partition coefficient (Wildman–Crippen LogP) is 3.60. The summed E-state index contributed by atoms with van der Waals surface area (Å²) < 4.78 is 0. The molecule has 0 saturated carbocycles. The van der Waals surface area contributed by atoms with Gasteiger partial charge >= 0.3 is 0 Å². The van der Waals surface area contributed by atoms with Crippen LogP contribution in [0.4, 0.5) is 0 Å². The smallest absolute Gasteiger partial charge is 0.0168 e. The summed E-state index contributed by atoms with van der Waals surface area (Å²) in [6, 6.07) is 0. The van der Waals surface area contributed by atoms with E-state index in [1.807, 2.05) is 0 Å². The van der Waals surface area contributed by atoms with Gasteiger partial charge in [-0.1, -0.05) is 49.5 Å². The highest BCUT2D eigenvalue weighted by Crippen LogP contribution is 2.17. The number of alkyl halides is 1. The second-order valence-corrected chi connectivity index (χ2v) is 4.08. The molecule has 0 amide bonds. The molecule has 0 saturated heterocycles. The van der Waals surface area contributed by atoms with Crippen LogP contribution in [0.15, 0.2) is 0 Å². The van der Waals surface area contributed by atoms with Crippen molar-refractivity contribution in [3.63, 3.8) is 0 Å². The van der Waals surface area contributed by atoms with Crippen molar-refractivity contribution < 1.29 is 0 Å². The Morgan fingerprint density at radius 1 is 1.33 bits per heavy atom. The minimum atomic E-state index is 0.734. The first-order valence-electron chi connectivity index (χ1n) is 3.82. The molecule has 0 aromatic heterocycles. The van der Waals surface area contributed by atoms with Gasteiger partial charge in [0, 0.05) is 4.83 Å². The van der Waals surface area contributed by atoms with E-state index in [2.05, 4.69) is 36.7 Å². The number of hydrogen-bond acceptors (Lipinski definition) is 0. The Hall–Kier alpha value is 0.480. The zero-order valence-corrected chi connectivity index (χ0v) is 8.24. The van der Waals surface area contributed by atoms with E-state index in [-0.39, 0.29) is 0 Å². The highest BCUT2D eigenvalue weighted by atomic mass is 79.9. The average molecular weight is 193 g/mol. The maximum absolute atomic E-state index is 3.64. The van der Waals surface area contributed by atoms with Crippen LogP contribution in [0.2, 0.25) is 0 Å². The van der Waals surface area contributed by atoms with E-state index >= 15 is 0 Å². The Kier molecular flexibility index (Phi) is 5.56. The molecule has 0 aromatic carbocycles. The second-order valence-electron chi connectivity index (χ2n) is 2.90. The molecule has 0 fully saturated rings. The van der Waals surface area contributed by atoms with E-state index in [4.69, 9.17) is 0 Å². The van der Waals surface area contributed by atoms with Crippen LogP contribution in [0.1, 0.15) is 40.0 Å². The van der Waals surface area contributed by atoms with Crippen molar-refractivity contribution in [3.8, 4) is 0 Å². The summed E-state index contributed by atoms with van der Waals surface area (Å²) >= 11 is 3.64. The van der Waals surface area contributed by atoms with E-state index in [9.17, 15) is 0 Å². The van der Waals surface area contributed by atoms with Crippen molar-refractivity contribution in [3.05, 3.63) is 0 Å². The van der Waals surface area contributed by atoms with Gasteiger partial charge in [-0.3, -0.25) is 0 Å². The van der Waals surface area contributed by atoms with Crippen LogP contribution in [0.25, 0.3) is 0 Å². The van der Waals surface area contributed by atoms with Gasteiger partial charge in [0.1, 0.15) is 0 Å². The molecule has 0 aliphatic heterocycles. The van der Waals surface area contributed by atoms with Crippen LogP contribution in [0, 0.1) is 5.92 Å². The maximum atomic E-state index is 3.64. The third-order valence-electron chi connectivity index (χ3n) is 1.56. The molecule has 0 nitrogen and oxygen atoms in total. The molecule has 0 N–H and O–H groups in total. The molecule has 56 valence electrons. The standard InChI is InChI=1S/C8H17Br/c1-4-5-6-8(9)7(2)3/h7-8H,4-6H2,1-3H3. The molecule has 9 heavy (non-hydrogen) atoms. The lowest BCUT2D eigenvalue weighted by Crippen LogP contribution is -2.05. The van der Waals surface area contributed by atoms with Gasteiger partial charge in [0.05, 0.1) is 0 Å². The van der Waals surface area contributed by atoms with Gasteiger partial charge < -0.3 is 0 Å². The highest BCUT2D eigenvalue weighted by molar-refractivity contribution is 9.09. The molecule has 0 aliphatic carbocycles. The SMILES string of the molecule is CCCCC(Br)C(C)C. The molecule has 0 rings (SSSR count). The van der Waals surface area contributed by atoms with Crippen LogP contribution in [0.3, 0.4) is 0 Å². The molecular formula is C8H17Br. The molecule has 0 aliphatic rings. The Morgan fingerprint density at radius 2 is 1.89 bits per heavy atom. The first kappa shape index (κ1) is 9.48. The quantitative estimate of drug-likeness (QED) is 0.598. The minimum absolute atomic E-state index is 0.734. The van der Waals surface area contributed by atoms with Crippen molar-refractivity contribution in [2.45, 2.75) is 44.9 Å². The minimum Gasteiger partial charge on any atom is -0.0888 e. The normalized spacial score (nSPS) is 14.3. The Morgan fingerprint density at radius 3 is 2.22 bits per heavy atom. The van der Waals surface area contributed by atoms with E-state index in [1.165, 1.54) is 19.3 Å². The Balaban J connectivity index is 3.16. The Bertz CT molecular complexity index is 59.6. The summed E-state index contributed by atoms with van der Waals surface area (Å²) in [6.45, 7) is 6.75. The van der Waals surface area contributed by atoms with Gasteiger partial charge in [0.2, 0.25) is 0 Å². The van der Waals surface area contributed by atoms with Gasteiger partial charge in [0.25, 0.3) is 0 Å². The lowest BCUT2D eigenvalue weighted by atomic mass is 10.1. The molecule has 0 radical (unpaired) electrons. The summed E-state index contributed by atoms with van der Waals surface area (Å²) in [4.78, 5) is 0.734. The number of rotatable bonds is 4. The molecular weight excluding hydrogens is 176 g/mol. The molecule has 1 unspecified atom stereocenters. The van der Waals surface area contributed by atoms with Crippen LogP contribution < -0.4 is 0 Å². The van der Waals surface area contributed by atoms with Gasteiger partial charge in [-0.05, 0) is 12.3 Å². The van der Waals surface area contributed by atoms with Gasteiger partial charge in [-0.25, -0.2) is 0 Å². The van der Waals surface area contributed by atoms with Gasteiger partial charge in [0.15, 0.2) is 0 Å². The second kappa shape index (κ2) is 5.28. The Labute approximate surface area is 67.2 Å². The number of halogens is 1. The number of unbranched alkanes of at least 4 members (excludes halogenated alkanes) is 1. The van der Waals surface area contributed by atoms with E-state index in [0.717, 1.165) is 10.7 Å².